The minimum absolute atomic E-state index is 0.0227. The minimum Gasteiger partial charge on any atom is -0.322 e. The molecule has 1 heterocycles. The summed E-state index contributed by atoms with van der Waals surface area (Å²) < 4.78 is 27.7. The van der Waals surface area contributed by atoms with Crippen molar-refractivity contribution in [2.45, 2.75) is 19.4 Å². The molecule has 0 spiro atoms. The van der Waals surface area contributed by atoms with Gasteiger partial charge < -0.3 is 5.73 Å². The fourth-order valence-corrected chi connectivity index (χ4v) is 2.05. The first-order valence-corrected chi connectivity index (χ1v) is 6.45. The Morgan fingerprint density at radius 2 is 2.00 bits per heavy atom. The Bertz CT molecular complexity index is 587. The summed E-state index contributed by atoms with van der Waals surface area (Å²) in [5.41, 5.74) is 7.13. The van der Waals surface area contributed by atoms with E-state index in [0.29, 0.717) is 5.69 Å². The van der Waals surface area contributed by atoms with Crippen LogP contribution in [0, 0.1) is 18.6 Å². The van der Waals surface area contributed by atoms with Gasteiger partial charge in [-0.25, -0.2) is 8.78 Å². The highest BCUT2D eigenvalue weighted by molar-refractivity contribution is 9.10. The zero-order valence-electron chi connectivity index (χ0n) is 10.2. The first kappa shape index (κ1) is 14.0. The van der Waals surface area contributed by atoms with Gasteiger partial charge in [-0.3, -0.25) is 9.97 Å². The van der Waals surface area contributed by atoms with Crippen molar-refractivity contribution in [2.75, 3.05) is 0 Å². The van der Waals surface area contributed by atoms with E-state index in [9.17, 15) is 8.78 Å². The normalized spacial score (nSPS) is 12.5. The summed E-state index contributed by atoms with van der Waals surface area (Å²) in [6.45, 7) is 1.80. The number of aromatic nitrogens is 2. The number of nitrogens with two attached hydrogens (primary N) is 1. The van der Waals surface area contributed by atoms with Gasteiger partial charge in [0.05, 0.1) is 28.1 Å². The third-order valence-electron chi connectivity index (χ3n) is 2.74. The molecule has 0 bridgehead atoms. The third kappa shape index (κ3) is 3.13. The van der Waals surface area contributed by atoms with E-state index in [2.05, 4.69) is 25.9 Å². The summed E-state index contributed by atoms with van der Waals surface area (Å²) in [5.74, 6) is -1.24. The van der Waals surface area contributed by atoms with Crippen molar-refractivity contribution >= 4 is 15.9 Å². The van der Waals surface area contributed by atoms with Crippen molar-refractivity contribution in [3.63, 3.8) is 0 Å². The van der Waals surface area contributed by atoms with Gasteiger partial charge in [-0.1, -0.05) is 0 Å². The van der Waals surface area contributed by atoms with Gasteiger partial charge in [-0.05, 0) is 41.4 Å². The Morgan fingerprint density at radius 1 is 1.26 bits per heavy atom. The Hall–Kier alpha value is -1.40. The maximum atomic E-state index is 13.8. The summed E-state index contributed by atoms with van der Waals surface area (Å²) in [6, 6.07) is 1.92. The van der Waals surface area contributed by atoms with Gasteiger partial charge in [0.1, 0.15) is 11.6 Å². The maximum absolute atomic E-state index is 13.8. The number of halogens is 3. The Balaban J connectivity index is 2.26. The van der Waals surface area contributed by atoms with E-state index in [1.807, 2.05) is 0 Å². The van der Waals surface area contributed by atoms with Crippen molar-refractivity contribution in [3.8, 4) is 0 Å². The molecule has 3 nitrogen and oxygen atoms in total. The minimum atomic E-state index is -0.629. The molecule has 6 heteroatoms. The van der Waals surface area contributed by atoms with E-state index >= 15 is 0 Å². The van der Waals surface area contributed by atoms with Crippen LogP contribution in [0.25, 0.3) is 0 Å². The number of hydrogen-bond donors (Lipinski definition) is 1. The van der Waals surface area contributed by atoms with Crippen LogP contribution in [0.5, 0.6) is 0 Å². The third-order valence-corrected chi connectivity index (χ3v) is 3.36. The van der Waals surface area contributed by atoms with Crippen LogP contribution in [-0.4, -0.2) is 9.97 Å². The van der Waals surface area contributed by atoms with Gasteiger partial charge >= 0.3 is 0 Å². The van der Waals surface area contributed by atoms with Crippen molar-refractivity contribution < 1.29 is 8.78 Å². The van der Waals surface area contributed by atoms with Crippen molar-refractivity contribution in [1.82, 2.24) is 9.97 Å². The molecule has 0 saturated heterocycles. The molecule has 0 aliphatic rings. The van der Waals surface area contributed by atoms with E-state index in [4.69, 9.17) is 5.73 Å². The van der Waals surface area contributed by atoms with Gasteiger partial charge in [0, 0.05) is 11.8 Å². The second kappa shape index (κ2) is 5.71. The molecule has 1 unspecified atom stereocenters. The largest absolute Gasteiger partial charge is 0.322 e. The van der Waals surface area contributed by atoms with E-state index in [-0.39, 0.29) is 16.5 Å². The lowest BCUT2D eigenvalue weighted by atomic mass is 10.0. The average Bonchev–Trinajstić information content (AvgIpc) is 2.40. The second-order valence-electron chi connectivity index (χ2n) is 4.22. The molecule has 2 N–H and O–H groups in total. The lowest BCUT2D eigenvalue weighted by molar-refractivity contribution is 0.533. The van der Waals surface area contributed by atoms with E-state index < -0.39 is 17.7 Å². The first-order chi connectivity index (χ1) is 8.99. The molecule has 0 amide bonds. The van der Waals surface area contributed by atoms with Crippen molar-refractivity contribution in [2.24, 2.45) is 5.73 Å². The molecule has 2 aromatic rings. The summed E-state index contributed by atoms with van der Waals surface area (Å²) in [7, 11) is 0. The second-order valence-corrected chi connectivity index (χ2v) is 5.07. The van der Waals surface area contributed by atoms with Crippen LogP contribution in [0.3, 0.4) is 0 Å². The molecular weight excluding hydrogens is 316 g/mol. The molecule has 0 saturated carbocycles. The monoisotopic (exact) mass is 327 g/mol. The van der Waals surface area contributed by atoms with Gasteiger partial charge in [-0.15, -0.1) is 0 Å². The van der Waals surface area contributed by atoms with Gasteiger partial charge in [0.25, 0.3) is 0 Å². The van der Waals surface area contributed by atoms with Gasteiger partial charge in [0.15, 0.2) is 0 Å². The lowest BCUT2D eigenvalue weighted by Crippen LogP contribution is -2.17. The van der Waals surface area contributed by atoms with Crippen LogP contribution in [0.1, 0.15) is 23.0 Å². The van der Waals surface area contributed by atoms with Crippen LogP contribution in [-0.2, 0) is 6.42 Å². The van der Waals surface area contributed by atoms with Gasteiger partial charge in [-0.2, -0.15) is 0 Å². The van der Waals surface area contributed by atoms with Crippen LogP contribution in [0.2, 0.25) is 0 Å². The Kier molecular flexibility index (Phi) is 4.21. The smallest absolute Gasteiger partial charge is 0.143 e. The number of aryl methyl sites for hydroxylation is 1. The number of hydrogen-bond acceptors (Lipinski definition) is 3. The Morgan fingerprint density at radius 3 is 2.63 bits per heavy atom. The zero-order valence-corrected chi connectivity index (χ0v) is 11.8. The molecule has 19 heavy (non-hydrogen) atoms. The zero-order chi connectivity index (χ0) is 14.0. The fourth-order valence-electron chi connectivity index (χ4n) is 1.67. The Labute approximate surface area is 118 Å². The highest BCUT2D eigenvalue weighted by atomic mass is 79.9. The summed E-state index contributed by atoms with van der Waals surface area (Å²) in [4.78, 5) is 8.18. The van der Waals surface area contributed by atoms with Crippen LogP contribution in [0.4, 0.5) is 8.78 Å². The van der Waals surface area contributed by atoms with Crippen molar-refractivity contribution in [1.29, 1.82) is 0 Å². The topological polar surface area (TPSA) is 51.8 Å². The van der Waals surface area contributed by atoms with Crippen LogP contribution in [0.15, 0.2) is 29.0 Å². The van der Waals surface area contributed by atoms with Crippen LogP contribution >= 0.6 is 15.9 Å². The molecule has 0 aliphatic carbocycles. The molecule has 1 aromatic heterocycles. The SMILES string of the molecule is Cc1cnc(C(N)Cc2c(F)ccc(Br)c2F)cn1. The molecule has 100 valence electrons. The number of benzene rings is 1. The molecule has 1 aromatic carbocycles. The molecule has 0 aliphatic heterocycles. The fraction of sp³-hybridized carbons (Fsp3) is 0.231. The summed E-state index contributed by atoms with van der Waals surface area (Å²) in [5, 5.41) is 0. The molecule has 0 fully saturated rings. The standard InChI is InChI=1S/C13H12BrF2N3/c1-7-5-19-12(6-18-7)11(17)4-8-10(15)3-2-9(14)13(8)16/h2-3,5-6,11H,4,17H2,1H3. The average molecular weight is 328 g/mol. The first-order valence-electron chi connectivity index (χ1n) is 5.65. The quantitative estimate of drug-likeness (QED) is 0.881. The predicted molar refractivity (Wildman–Crippen MR) is 71.5 cm³/mol. The molecule has 2 rings (SSSR count). The lowest BCUT2D eigenvalue weighted by Gasteiger charge is -2.13. The van der Waals surface area contributed by atoms with Gasteiger partial charge in [0.2, 0.25) is 0 Å². The maximum Gasteiger partial charge on any atom is 0.143 e. The molecular formula is C13H12BrF2N3. The molecule has 1 atom stereocenters. The summed E-state index contributed by atoms with van der Waals surface area (Å²) in [6.07, 6.45) is 3.12. The highest BCUT2D eigenvalue weighted by Gasteiger charge is 2.17. The number of rotatable bonds is 3. The van der Waals surface area contributed by atoms with E-state index in [0.717, 1.165) is 5.69 Å². The van der Waals surface area contributed by atoms with E-state index in [1.165, 1.54) is 18.3 Å². The highest BCUT2D eigenvalue weighted by Crippen LogP contribution is 2.25. The molecule has 0 radical (unpaired) electrons. The van der Waals surface area contributed by atoms with E-state index in [1.54, 1.807) is 13.1 Å². The number of nitrogens with zero attached hydrogens (tertiary/aromatic N) is 2. The summed E-state index contributed by atoms with van der Waals surface area (Å²) >= 11 is 3.03. The predicted octanol–water partition coefficient (Wildman–Crippen LogP) is 3.07. The van der Waals surface area contributed by atoms with Crippen LogP contribution < -0.4 is 5.73 Å². The van der Waals surface area contributed by atoms with Crippen molar-refractivity contribution in [3.05, 3.63) is 57.6 Å².